The minimum Gasteiger partial charge on any atom is -0.443 e. The van der Waals surface area contributed by atoms with Crippen LogP contribution in [0.25, 0.3) is 11.3 Å². The van der Waals surface area contributed by atoms with Crippen LogP contribution >= 0.6 is 0 Å². The van der Waals surface area contributed by atoms with E-state index in [1.165, 1.54) is 10.8 Å². The maximum absolute atomic E-state index is 13.6. The molecule has 48 heavy (non-hydrogen) atoms. The van der Waals surface area contributed by atoms with Crippen LogP contribution in [-0.4, -0.2) is 45.4 Å². The highest BCUT2D eigenvalue weighted by atomic mass is 16.5. The SMILES string of the molecule is CC(C)NC(=O)c1cc(N)cc(-c2cnc(NC3CC3)c(=O)n2CC(=O)NCc2ccc(C(N)=NC(=O)OCc3ccccc3)cc2)c1. The monoisotopic (exact) mass is 650 g/mol. The van der Waals surface area contributed by atoms with Gasteiger partial charge in [-0.05, 0) is 56.0 Å². The molecule has 248 valence electrons. The van der Waals surface area contributed by atoms with E-state index in [1.807, 2.05) is 44.2 Å². The fourth-order valence-electron chi connectivity index (χ4n) is 4.78. The first-order chi connectivity index (χ1) is 23.0. The van der Waals surface area contributed by atoms with Gasteiger partial charge in [0.05, 0.1) is 11.9 Å². The van der Waals surface area contributed by atoms with E-state index in [0.29, 0.717) is 28.1 Å². The molecule has 1 aromatic heterocycles. The van der Waals surface area contributed by atoms with E-state index in [-0.39, 0.29) is 49.3 Å². The largest absolute Gasteiger partial charge is 0.443 e. The molecule has 0 saturated heterocycles. The molecule has 3 aromatic carbocycles. The van der Waals surface area contributed by atoms with Gasteiger partial charge in [-0.1, -0.05) is 54.6 Å². The minimum atomic E-state index is -0.804. The van der Waals surface area contributed by atoms with Crippen molar-refractivity contribution >= 4 is 35.2 Å². The molecule has 4 aromatic rings. The number of rotatable bonds is 12. The number of ether oxygens (including phenoxy) is 1. The number of hydrogen-bond donors (Lipinski definition) is 5. The first kappa shape index (κ1) is 33.4. The topological polar surface area (TPSA) is 196 Å². The fourth-order valence-corrected chi connectivity index (χ4v) is 4.78. The molecule has 1 aliphatic carbocycles. The van der Waals surface area contributed by atoms with Gasteiger partial charge in [0.2, 0.25) is 5.91 Å². The van der Waals surface area contributed by atoms with Gasteiger partial charge in [0.25, 0.3) is 11.5 Å². The van der Waals surface area contributed by atoms with Gasteiger partial charge >= 0.3 is 6.09 Å². The van der Waals surface area contributed by atoms with Crippen LogP contribution in [0.3, 0.4) is 0 Å². The number of nitrogens with one attached hydrogen (secondary N) is 3. The Morgan fingerprint density at radius 2 is 1.73 bits per heavy atom. The second-order valence-electron chi connectivity index (χ2n) is 11.8. The molecule has 0 spiro atoms. The highest BCUT2D eigenvalue weighted by molar-refractivity contribution is 6.02. The van der Waals surface area contributed by atoms with E-state index in [4.69, 9.17) is 16.2 Å². The lowest BCUT2D eigenvalue weighted by Crippen LogP contribution is -2.34. The second kappa shape index (κ2) is 15.1. The zero-order valence-corrected chi connectivity index (χ0v) is 26.7. The number of amides is 3. The van der Waals surface area contributed by atoms with Gasteiger partial charge in [0.15, 0.2) is 5.82 Å². The number of aromatic nitrogens is 2. The van der Waals surface area contributed by atoms with Gasteiger partial charge in [0, 0.05) is 41.0 Å². The normalized spacial score (nSPS) is 12.8. The first-order valence-electron chi connectivity index (χ1n) is 15.5. The number of anilines is 2. The third-order valence-corrected chi connectivity index (χ3v) is 7.36. The molecule has 7 N–H and O–H groups in total. The molecular formula is C35H38N8O5. The molecule has 0 atom stereocenters. The lowest BCUT2D eigenvalue weighted by Gasteiger charge is -2.16. The Bertz CT molecular complexity index is 1880. The summed E-state index contributed by atoms with van der Waals surface area (Å²) in [6, 6.07) is 20.9. The summed E-state index contributed by atoms with van der Waals surface area (Å²) in [5.41, 5.74) is 15.2. The zero-order valence-electron chi connectivity index (χ0n) is 26.7. The lowest BCUT2D eigenvalue weighted by atomic mass is 10.1. The van der Waals surface area contributed by atoms with Crippen molar-refractivity contribution in [3.8, 4) is 11.3 Å². The number of nitrogens with zero attached hydrogens (tertiary/aromatic N) is 3. The predicted molar refractivity (Wildman–Crippen MR) is 183 cm³/mol. The van der Waals surface area contributed by atoms with E-state index in [9.17, 15) is 19.2 Å². The first-order valence-corrected chi connectivity index (χ1v) is 15.5. The predicted octanol–water partition coefficient (Wildman–Crippen LogP) is 3.56. The Labute approximate surface area is 277 Å². The van der Waals surface area contributed by atoms with Crippen LogP contribution in [0, 0.1) is 0 Å². The third-order valence-electron chi connectivity index (χ3n) is 7.36. The highest BCUT2D eigenvalue weighted by Gasteiger charge is 2.24. The molecule has 0 radical (unpaired) electrons. The second-order valence-corrected chi connectivity index (χ2v) is 11.8. The van der Waals surface area contributed by atoms with Gasteiger partial charge in [-0.15, -0.1) is 0 Å². The van der Waals surface area contributed by atoms with Crippen molar-refractivity contribution in [2.75, 3.05) is 11.1 Å². The van der Waals surface area contributed by atoms with Gasteiger partial charge in [0.1, 0.15) is 19.0 Å². The Morgan fingerprint density at radius 1 is 1.00 bits per heavy atom. The molecule has 0 bridgehead atoms. The standard InChI is InChI=1S/C35H38N8O5/c1-21(2)40-33(45)26-14-25(15-27(36)16-26)29-18-39-32(41-28-12-13-28)34(46)43(29)19-30(44)38-17-22-8-10-24(11-9-22)31(37)42-35(47)48-20-23-6-4-3-5-7-23/h3-11,14-16,18,21,28H,12-13,17,19-20,36H2,1-2H3,(H,38,44)(H,39,41)(H,40,45)(H2,37,42,47). The summed E-state index contributed by atoms with van der Waals surface area (Å²) >= 11 is 0. The van der Waals surface area contributed by atoms with E-state index < -0.39 is 17.6 Å². The van der Waals surface area contributed by atoms with E-state index in [2.05, 4.69) is 25.9 Å². The number of hydrogen-bond acceptors (Lipinski definition) is 8. The number of aliphatic imine (C=N–C) groups is 1. The third kappa shape index (κ3) is 9.06. The van der Waals surface area contributed by atoms with Crippen LogP contribution in [0.4, 0.5) is 16.3 Å². The molecule has 13 heteroatoms. The Balaban J connectivity index is 1.27. The van der Waals surface area contributed by atoms with Crippen molar-refractivity contribution in [2.45, 2.75) is 58.5 Å². The number of carbonyl (C=O) groups is 3. The molecule has 0 unspecified atom stereocenters. The van der Waals surface area contributed by atoms with Crippen molar-refractivity contribution in [1.29, 1.82) is 0 Å². The summed E-state index contributed by atoms with van der Waals surface area (Å²) in [4.78, 5) is 59.8. The van der Waals surface area contributed by atoms with Crippen LogP contribution in [-0.2, 0) is 29.2 Å². The molecule has 1 fully saturated rings. The molecule has 5 rings (SSSR count). The number of nitrogens with two attached hydrogens (primary N) is 2. The summed E-state index contributed by atoms with van der Waals surface area (Å²) in [5, 5.41) is 8.80. The maximum atomic E-state index is 13.6. The number of carbonyl (C=O) groups excluding carboxylic acids is 3. The number of benzene rings is 3. The zero-order chi connectivity index (χ0) is 34.2. The number of amidine groups is 1. The summed E-state index contributed by atoms with van der Waals surface area (Å²) in [7, 11) is 0. The van der Waals surface area contributed by atoms with Crippen molar-refractivity contribution in [3.05, 3.63) is 112 Å². The van der Waals surface area contributed by atoms with Crippen LogP contribution < -0.4 is 33.0 Å². The molecular weight excluding hydrogens is 612 g/mol. The minimum absolute atomic E-state index is 0.00440. The summed E-state index contributed by atoms with van der Waals surface area (Å²) in [6.45, 7) is 3.64. The Morgan fingerprint density at radius 3 is 2.42 bits per heavy atom. The van der Waals surface area contributed by atoms with E-state index in [1.54, 1.807) is 42.5 Å². The van der Waals surface area contributed by atoms with Crippen molar-refractivity contribution in [2.24, 2.45) is 10.7 Å². The van der Waals surface area contributed by atoms with Crippen molar-refractivity contribution < 1.29 is 19.1 Å². The molecule has 1 aliphatic rings. The summed E-state index contributed by atoms with van der Waals surface area (Å²) in [6.07, 6.45) is 2.56. The van der Waals surface area contributed by atoms with Gasteiger partial charge < -0.3 is 32.2 Å². The molecule has 0 aliphatic heterocycles. The van der Waals surface area contributed by atoms with Crippen LogP contribution in [0.1, 0.15) is 53.7 Å². The smallest absolute Gasteiger partial charge is 0.435 e. The van der Waals surface area contributed by atoms with Crippen LogP contribution in [0.5, 0.6) is 0 Å². The van der Waals surface area contributed by atoms with Crippen molar-refractivity contribution in [3.63, 3.8) is 0 Å². The highest BCUT2D eigenvalue weighted by Crippen LogP contribution is 2.25. The van der Waals surface area contributed by atoms with Gasteiger partial charge in [-0.3, -0.25) is 19.0 Å². The van der Waals surface area contributed by atoms with E-state index >= 15 is 0 Å². The summed E-state index contributed by atoms with van der Waals surface area (Å²) in [5.74, 6) is -0.591. The molecule has 1 saturated carbocycles. The summed E-state index contributed by atoms with van der Waals surface area (Å²) < 4.78 is 6.48. The average molecular weight is 651 g/mol. The quantitative estimate of drug-likeness (QED) is 0.0865. The van der Waals surface area contributed by atoms with Gasteiger partial charge in [-0.2, -0.15) is 4.99 Å². The molecule has 3 amide bonds. The molecule has 13 nitrogen and oxygen atoms in total. The average Bonchev–Trinajstić information content (AvgIpc) is 3.89. The maximum Gasteiger partial charge on any atom is 0.435 e. The fraction of sp³-hybridized carbons (Fsp3) is 0.257. The van der Waals surface area contributed by atoms with Gasteiger partial charge in [-0.25, -0.2) is 9.78 Å². The lowest BCUT2D eigenvalue weighted by molar-refractivity contribution is -0.121. The van der Waals surface area contributed by atoms with E-state index in [0.717, 1.165) is 24.0 Å². The number of nitrogen functional groups attached to an aromatic ring is 1. The van der Waals surface area contributed by atoms with Crippen molar-refractivity contribution in [1.82, 2.24) is 20.2 Å². The van der Waals surface area contributed by atoms with Crippen LogP contribution in [0.2, 0.25) is 0 Å². The molecule has 1 heterocycles. The Hall–Kier alpha value is -5.98. The van der Waals surface area contributed by atoms with Crippen LogP contribution in [0.15, 0.2) is 88.8 Å². The Kier molecular flexibility index (Phi) is 10.5.